The molecule has 0 bridgehead atoms. The number of sulfonamides is 1. The van der Waals surface area contributed by atoms with Crippen molar-refractivity contribution in [2.24, 2.45) is 9.50 Å². The molecule has 4 aromatic carbocycles. The lowest BCUT2D eigenvalue weighted by molar-refractivity contribution is 0.480. The van der Waals surface area contributed by atoms with Crippen molar-refractivity contribution in [2.45, 2.75) is 10.8 Å². The van der Waals surface area contributed by atoms with E-state index >= 15 is 0 Å². The Bertz CT molecular complexity index is 1690. The second kappa shape index (κ2) is 11.1. The smallest absolute Gasteiger partial charge is 0.284 e. The molecule has 39 heavy (non-hydrogen) atoms. The average Bonchev–Trinajstić information content (AvgIpc) is 3.38. The molecule has 0 radical (unpaired) electrons. The maximum Gasteiger partial charge on any atom is 0.284 e. The number of nitrogens with zero attached hydrogens (tertiary/aromatic N) is 3. The van der Waals surface area contributed by atoms with Crippen molar-refractivity contribution in [3.8, 4) is 0 Å². The zero-order valence-electron chi connectivity index (χ0n) is 20.3. The van der Waals surface area contributed by atoms with Gasteiger partial charge in [-0.15, -0.1) is 4.40 Å². The molecule has 6 nitrogen and oxygen atoms in total. The molecular formula is C29H21Cl2FN4O2S. The Morgan fingerprint density at radius 3 is 2.10 bits per heavy atom. The molecule has 1 aliphatic heterocycles. The first-order valence-electron chi connectivity index (χ1n) is 11.8. The summed E-state index contributed by atoms with van der Waals surface area (Å²) in [4.78, 5) is -0.119. The molecule has 1 unspecified atom stereocenters. The normalized spacial score (nSPS) is 15.8. The second-order valence-corrected chi connectivity index (χ2v) is 11.2. The molecule has 1 heterocycles. The summed E-state index contributed by atoms with van der Waals surface area (Å²) in [5, 5.41) is 15.9. The summed E-state index contributed by atoms with van der Waals surface area (Å²) in [6.45, 7) is 0.174. The molecule has 0 saturated heterocycles. The third kappa shape index (κ3) is 5.78. The number of halogens is 3. The molecule has 0 fully saturated rings. The van der Waals surface area contributed by atoms with Gasteiger partial charge in [-0.05, 0) is 59.7 Å². The van der Waals surface area contributed by atoms with E-state index in [4.69, 9.17) is 33.7 Å². The van der Waals surface area contributed by atoms with Crippen molar-refractivity contribution in [2.75, 3.05) is 6.54 Å². The SMILES string of the molecule is N=C(/C(=N\S(=O)(=O)c1ccc(Cl)cc1)N1CC(c2ccccc2)C(c2ccc(Cl)cc2)=N1)c1ccccc1F. The minimum absolute atomic E-state index is 0.103. The molecule has 10 heteroatoms. The zero-order valence-corrected chi connectivity index (χ0v) is 22.6. The molecule has 0 aromatic heterocycles. The molecule has 0 aliphatic carbocycles. The van der Waals surface area contributed by atoms with E-state index in [0.717, 1.165) is 11.1 Å². The number of hydrogen-bond acceptors (Lipinski definition) is 4. The van der Waals surface area contributed by atoms with Crippen molar-refractivity contribution in [3.63, 3.8) is 0 Å². The Balaban J connectivity index is 1.66. The van der Waals surface area contributed by atoms with E-state index in [2.05, 4.69) is 4.40 Å². The third-order valence-electron chi connectivity index (χ3n) is 6.19. The fourth-order valence-electron chi connectivity index (χ4n) is 4.24. The van der Waals surface area contributed by atoms with Crippen molar-refractivity contribution >= 4 is 50.5 Å². The van der Waals surface area contributed by atoms with Crippen LogP contribution in [0.4, 0.5) is 4.39 Å². The molecule has 1 atom stereocenters. The lowest BCUT2D eigenvalue weighted by Gasteiger charge is -2.19. The lowest BCUT2D eigenvalue weighted by Crippen LogP contribution is -2.34. The fraction of sp³-hybridized carbons (Fsp3) is 0.0690. The van der Waals surface area contributed by atoms with Gasteiger partial charge >= 0.3 is 0 Å². The molecule has 0 saturated carbocycles. The summed E-state index contributed by atoms with van der Waals surface area (Å²) >= 11 is 12.0. The van der Waals surface area contributed by atoms with Gasteiger partial charge in [0.05, 0.1) is 17.2 Å². The first kappa shape index (κ1) is 26.7. The van der Waals surface area contributed by atoms with Gasteiger partial charge in [0, 0.05) is 21.5 Å². The first-order chi connectivity index (χ1) is 18.7. The summed E-state index contributed by atoms with van der Waals surface area (Å²) in [7, 11) is -4.31. The minimum Gasteiger partial charge on any atom is -0.296 e. The van der Waals surface area contributed by atoms with Crippen molar-refractivity contribution in [3.05, 3.63) is 136 Å². The summed E-state index contributed by atoms with van der Waals surface area (Å²) in [5.41, 5.74) is 1.82. The van der Waals surface area contributed by atoms with Crippen LogP contribution in [0.3, 0.4) is 0 Å². The van der Waals surface area contributed by atoms with Crippen LogP contribution in [0.1, 0.15) is 22.6 Å². The van der Waals surface area contributed by atoms with E-state index in [1.54, 1.807) is 18.2 Å². The van der Waals surface area contributed by atoms with Crippen LogP contribution in [-0.2, 0) is 10.0 Å². The van der Waals surface area contributed by atoms with Crippen LogP contribution in [0.2, 0.25) is 10.0 Å². The van der Waals surface area contributed by atoms with Gasteiger partial charge in [-0.2, -0.15) is 13.5 Å². The first-order valence-corrected chi connectivity index (χ1v) is 14.0. The van der Waals surface area contributed by atoms with Crippen LogP contribution in [0.15, 0.2) is 118 Å². The van der Waals surface area contributed by atoms with Crippen LogP contribution >= 0.6 is 23.2 Å². The molecule has 5 rings (SSSR count). The van der Waals surface area contributed by atoms with Gasteiger partial charge in [0.2, 0.25) is 0 Å². The van der Waals surface area contributed by atoms with Crippen molar-refractivity contribution < 1.29 is 12.8 Å². The highest BCUT2D eigenvalue weighted by atomic mass is 35.5. The van der Waals surface area contributed by atoms with Gasteiger partial charge < -0.3 is 0 Å². The van der Waals surface area contributed by atoms with Crippen LogP contribution in [0.25, 0.3) is 0 Å². The van der Waals surface area contributed by atoms with E-state index in [1.807, 2.05) is 42.5 Å². The quantitative estimate of drug-likeness (QED) is 0.202. The largest absolute Gasteiger partial charge is 0.296 e. The fourth-order valence-corrected chi connectivity index (χ4v) is 5.49. The molecular weight excluding hydrogens is 558 g/mol. The second-order valence-electron chi connectivity index (χ2n) is 8.74. The monoisotopic (exact) mass is 578 g/mol. The van der Waals surface area contributed by atoms with Gasteiger partial charge in [0.15, 0.2) is 5.84 Å². The van der Waals surface area contributed by atoms with E-state index in [-0.39, 0.29) is 28.8 Å². The van der Waals surface area contributed by atoms with Gasteiger partial charge in [0.1, 0.15) is 11.5 Å². The standard InChI is InChI=1S/C29H21Cl2FN4O2S/c30-21-12-10-20(11-13-21)28-25(19-6-2-1-3-7-19)18-36(34-28)29(27(33)24-8-4-5-9-26(24)32)35-39(37,38)23-16-14-22(31)15-17-23/h1-17,25,33H,18H2/b33-27?,35-29+. The van der Waals surface area contributed by atoms with E-state index in [1.165, 1.54) is 47.5 Å². The Kier molecular flexibility index (Phi) is 7.61. The van der Waals surface area contributed by atoms with E-state index < -0.39 is 21.6 Å². The molecule has 1 aliphatic rings. The zero-order chi connectivity index (χ0) is 27.6. The van der Waals surface area contributed by atoms with Crippen molar-refractivity contribution in [1.29, 1.82) is 5.41 Å². The molecule has 196 valence electrons. The van der Waals surface area contributed by atoms with E-state index in [9.17, 15) is 12.8 Å². The lowest BCUT2D eigenvalue weighted by atomic mass is 9.90. The predicted molar refractivity (Wildman–Crippen MR) is 153 cm³/mol. The van der Waals surface area contributed by atoms with Gasteiger partial charge in [-0.1, -0.05) is 77.8 Å². The topological polar surface area (TPSA) is 85.9 Å². The Morgan fingerprint density at radius 1 is 0.872 bits per heavy atom. The van der Waals surface area contributed by atoms with E-state index in [0.29, 0.717) is 15.8 Å². The van der Waals surface area contributed by atoms with Crippen LogP contribution < -0.4 is 0 Å². The summed E-state index contributed by atoms with van der Waals surface area (Å²) in [5.74, 6) is -1.27. The molecule has 4 aromatic rings. The number of benzene rings is 4. The van der Waals surface area contributed by atoms with Crippen LogP contribution in [0, 0.1) is 11.2 Å². The maximum absolute atomic E-state index is 14.8. The number of amidine groups is 1. The molecule has 1 N–H and O–H groups in total. The molecule has 0 amide bonds. The Labute approximate surface area is 235 Å². The minimum atomic E-state index is -4.31. The Morgan fingerprint density at radius 2 is 1.46 bits per heavy atom. The summed E-state index contributed by atoms with van der Waals surface area (Å²) in [6, 6.07) is 27.9. The molecule has 0 spiro atoms. The maximum atomic E-state index is 14.8. The van der Waals surface area contributed by atoms with Crippen molar-refractivity contribution in [1.82, 2.24) is 5.01 Å². The predicted octanol–water partition coefficient (Wildman–Crippen LogP) is 6.79. The highest BCUT2D eigenvalue weighted by Gasteiger charge is 2.34. The number of hydrogen-bond donors (Lipinski definition) is 1. The average molecular weight is 579 g/mol. The van der Waals surface area contributed by atoms with Gasteiger partial charge in [-0.25, -0.2) is 9.40 Å². The van der Waals surface area contributed by atoms with Gasteiger partial charge in [0.25, 0.3) is 10.0 Å². The number of nitrogens with one attached hydrogen (secondary N) is 1. The number of hydrazone groups is 1. The van der Waals surface area contributed by atoms with Crippen LogP contribution in [-0.4, -0.2) is 37.2 Å². The van der Waals surface area contributed by atoms with Crippen LogP contribution in [0.5, 0.6) is 0 Å². The van der Waals surface area contributed by atoms with Gasteiger partial charge in [-0.3, -0.25) is 5.41 Å². The highest BCUT2D eigenvalue weighted by Crippen LogP contribution is 2.31. The number of rotatable bonds is 6. The summed E-state index contributed by atoms with van der Waals surface area (Å²) in [6.07, 6.45) is 0. The third-order valence-corrected chi connectivity index (χ3v) is 7.97. The highest BCUT2D eigenvalue weighted by molar-refractivity contribution is 7.90. The summed E-state index contributed by atoms with van der Waals surface area (Å²) < 4.78 is 45.5. The Hall–Kier alpha value is -3.85.